The third-order valence-electron chi connectivity index (χ3n) is 5.53. The van der Waals surface area contributed by atoms with E-state index in [1.165, 1.54) is 55.6 Å². The lowest BCUT2D eigenvalue weighted by Gasteiger charge is -2.13. The number of halogens is 1. The van der Waals surface area contributed by atoms with E-state index in [1.54, 1.807) is 0 Å². The summed E-state index contributed by atoms with van der Waals surface area (Å²) >= 11 is 2.47. The fourth-order valence-electron chi connectivity index (χ4n) is 3.80. The second-order valence-corrected chi connectivity index (χ2v) is 8.53. The number of rotatable bonds is 4. The lowest BCUT2D eigenvalue weighted by Crippen LogP contribution is -1.90. The number of benzene rings is 4. The largest absolute Gasteiger partial charge is 0.0812 e. The van der Waals surface area contributed by atoms with Crippen LogP contribution in [0.15, 0.2) is 84.9 Å². The molecule has 1 heteroatoms. The van der Waals surface area contributed by atoms with Crippen molar-refractivity contribution in [3.63, 3.8) is 0 Å². The van der Waals surface area contributed by atoms with Gasteiger partial charge in [0.25, 0.3) is 0 Å². The first-order valence-corrected chi connectivity index (χ1v) is 11.5. The second-order valence-electron chi connectivity index (χ2n) is 7.77. The SMILES string of the molecule is Cc1ccc(-c2ccc(-c3ccc(-c4ccc(C)cc4)c(CI)c3)cc2C)cc1. The van der Waals surface area contributed by atoms with E-state index in [0.717, 1.165) is 4.43 Å². The van der Waals surface area contributed by atoms with Crippen LogP contribution >= 0.6 is 22.6 Å². The van der Waals surface area contributed by atoms with Crippen molar-refractivity contribution in [3.8, 4) is 33.4 Å². The number of alkyl halides is 1. The van der Waals surface area contributed by atoms with Gasteiger partial charge in [-0.05, 0) is 71.3 Å². The third-order valence-corrected chi connectivity index (χ3v) is 6.36. The zero-order valence-electron chi connectivity index (χ0n) is 17.2. The van der Waals surface area contributed by atoms with Crippen LogP contribution in [0.1, 0.15) is 22.3 Å². The van der Waals surface area contributed by atoms with Crippen LogP contribution in [0.4, 0.5) is 0 Å². The predicted octanol–water partition coefficient (Wildman–Crippen LogP) is 8.55. The van der Waals surface area contributed by atoms with Crippen LogP contribution in [-0.2, 0) is 4.43 Å². The third kappa shape index (κ3) is 4.30. The van der Waals surface area contributed by atoms with E-state index in [-0.39, 0.29) is 0 Å². The Balaban J connectivity index is 1.70. The monoisotopic (exact) mass is 488 g/mol. The summed E-state index contributed by atoms with van der Waals surface area (Å²) in [4.78, 5) is 0. The minimum atomic E-state index is 0.995. The minimum Gasteiger partial charge on any atom is -0.0812 e. The maximum absolute atomic E-state index is 2.47. The zero-order chi connectivity index (χ0) is 20.4. The molecule has 0 saturated heterocycles. The molecule has 0 unspecified atom stereocenters. The molecule has 0 nitrogen and oxygen atoms in total. The van der Waals surface area contributed by atoms with Gasteiger partial charge in [-0.15, -0.1) is 0 Å². The van der Waals surface area contributed by atoms with Gasteiger partial charge in [0.05, 0.1) is 0 Å². The van der Waals surface area contributed by atoms with Gasteiger partial charge in [-0.3, -0.25) is 0 Å². The molecular weight excluding hydrogens is 463 g/mol. The van der Waals surface area contributed by atoms with E-state index < -0.39 is 0 Å². The lowest BCUT2D eigenvalue weighted by molar-refractivity contribution is 1.41. The van der Waals surface area contributed by atoms with Crippen molar-refractivity contribution < 1.29 is 0 Å². The van der Waals surface area contributed by atoms with E-state index in [0.29, 0.717) is 0 Å². The molecule has 4 aromatic carbocycles. The topological polar surface area (TPSA) is 0 Å². The number of hydrogen-bond donors (Lipinski definition) is 0. The molecule has 0 aromatic heterocycles. The highest BCUT2D eigenvalue weighted by atomic mass is 127. The smallest absolute Gasteiger partial charge is 0.0253 e. The molecule has 0 radical (unpaired) electrons. The van der Waals surface area contributed by atoms with Crippen molar-refractivity contribution in [2.45, 2.75) is 25.2 Å². The molecule has 29 heavy (non-hydrogen) atoms. The molecule has 144 valence electrons. The first-order chi connectivity index (χ1) is 14.0. The Morgan fingerprint density at radius 1 is 0.517 bits per heavy atom. The summed E-state index contributed by atoms with van der Waals surface area (Å²) in [5.41, 5.74) is 13.1. The van der Waals surface area contributed by atoms with Crippen molar-refractivity contribution >= 4 is 22.6 Å². The van der Waals surface area contributed by atoms with Gasteiger partial charge in [-0.2, -0.15) is 0 Å². The quantitative estimate of drug-likeness (QED) is 0.199. The summed E-state index contributed by atoms with van der Waals surface area (Å²) in [6, 6.07) is 31.3. The zero-order valence-corrected chi connectivity index (χ0v) is 19.3. The van der Waals surface area contributed by atoms with Crippen LogP contribution in [0.2, 0.25) is 0 Å². The molecule has 0 aliphatic rings. The summed E-state index contributed by atoms with van der Waals surface area (Å²) in [6.45, 7) is 6.47. The summed E-state index contributed by atoms with van der Waals surface area (Å²) in [6.07, 6.45) is 0. The van der Waals surface area contributed by atoms with Gasteiger partial charge >= 0.3 is 0 Å². The number of hydrogen-bond acceptors (Lipinski definition) is 0. The molecule has 0 heterocycles. The van der Waals surface area contributed by atoms with E-state index in [1.807, 2.05) is 0 Å². The van der Waals surface area contributed by atoms with Crippen molar-refractivity contribution in [2.75, 3.05) is 0 Å². The summed E-state index contributed by atoms with van der Waals surface area (Å²) in [7, 11) is 0. The van der Waals surface area contributed by atoms with E-state index in [2.05, 4.69) is 128 Å². The van der Waals surface area contributed by atoms with E-state index in [9.17, 15) is 0 Å². The van der Waals surface area contributed by atoms with Crippen molar-refractivity contribution in [1.82, 2.24) is 0 Å². The van der Waals surface area contributed by atoms with Gasteiger partial charge in [-0.25, -0.2) is 0 Å². The van der Waals surface area contributed by atoms with Gasteiger partial charge in [0.1, 0.15) is 0 Å². The van der Waals surface area contributed by atoms with Crippen LogP contribution in [-0.4, -0.2) is 0 Å². The van der Waals surface area contributed by atoms with E-state index in [4.69, 9.17) is 0 Å². The van der Waals surface area contributed by atoms with Crippen LogP contribution in [0.3, 0.4) is 0 Å². The fraction of sp³-hybridized carbons (Fsp3) is 0.143. The molecule has 0 aliphatic heterocycles. The van der Waals surface area contributed by atoms with Gasteiger partial charge < -0.3 is 0 Å². The molecule has 0 saturated carbocycles. The maximum atomic E-state index is 2.47. The van der Waals surface area contributed by atoms with Gasteiger partial charge in [-0.1, -0.05) is 113 Å². The Morgan fingerprint density at radius 3 is 1.48 bits per heavy atom. The van der Waals surface area contributed by atoms with E-state index >= 15 is 0 Å². The maximum Gasteiger partial charge on any atom is 0.0253 e. The Hall–Kier alpha value is -2.39. The molecule has 0 aliphatic carbocycles. The Bertz CT molecular complexity index is 1140. The molecule has 4 aromatic rings. The predicted molar refractivity (Wildman–Crippen MR) is 135 cm³/mol. The first-order valence-electron chi connectivity index (χ1n) is 9.99. The minimum absolute atomic E-state index is 0.995. The van der Waals surface area contributed by atoms with Crippen molar-refractivity contribution in [2.24, 2.45) is 0 Å². The molecule has 0 bridgehead atoms. The van der Waals surface area contributed by atoms with Crippen LogP contribution in [0.5, 0.6) is 0 Å². The summed E-state index contributed by atoms with van der Waals surface area (Å²) in [5.74, 6) is 0. The first kappa shape index (κ1) is 19.9. The van der Waals surface area contributed by atoms with Crippen LogP contribution in [0, 0.1) is 20.8 Å². The molecule has 0 amide bonds. The standard InChI is InChI=1S/C28H25I/c1-19-4-8-22(9-5-19)27-14-12-24(16-21(27)3)25-13-15-28(26(17-25)18-29)23-10-6-20(2)7-11-23/h4-17H,18H2,1-3H3. The molecule has 4 rings (SSSR count). The van der Waals surface area contributed by atoms with Crippen LogP contribution < -0.4 is 0 Å². The van der Waals surface area contributed by atoms with Crippen molar-refractivity contribution in [3.05, 3.63) is 107 Å². The second kappa shape index (κ2) is 8.54. The molecule has 0 spiro atoms. The summed E-state index contributed by atoms with van der Waals surface area (Å²) < 4.78 is 0.995. The molecular formula is C28H25I. The average molecular weight is 488 g/mol. The Labute approximate surface area is 187 Å². The van der Waals surface area contributed by atoms with Crippen molar-refractivity contribution in [1.29, 1.82) is 0 Å². The van der Waals surface area contributed by atoms with Gasteiger partial charge in [0.15, 0.2) is 0 Å². The highest BCUT2D eigenvalue weighted by molar-refractivity contribution is 14.1. The van der Waals surface area contributed by atoms with Gasteiger partial charge in [0, 0.05) is 4.43 Å². The van der Waals surface area contributed by atoms with Crippen LogP contribution in [0.25, 0.3) is 33.4 Å². The fourth-order valence-corrected chi connectivity index (χ4v) is 4.43. The van der Waals surface area contributed by atoms with Gasteiger partial charge in [0.2, 0.25) is 0 Å². The highest BCUT2D eigenvalue weighted by Gasteiger charge is 2.09. The lowest BCUT2D eigenvalue weighted by atomic mass is 9.92. The molecule has 0 atom stereocenters. The Morgan fingerprint density at radius 2 is 0.966 bits per heavy atom. The Kier molecular flexibility index (Phi) is 5.86. The highest BCUT2D eigenvalue weighted by Crippen LogP contribution is 2.33. The normalized spacial score (nSPS) is 10.9. The molecule has 0 fully saturated rings. The number of aryl methyl sites for hydroxylation is 3. The summed E-state index contributed by atoms with van der Waals surface area (Å²) in [5, 5.41) is 0. The molecule has 0 N–H and O–H groups in total. The average Bonchev–Trinajstić information content (AvgIpc) is 2.74.